The monoisotopic (exact) mass is 238 g/mol. The standard InChI is InChI=1S/C17H18O/c1-12-4-5-13(2)17(10-12)11-15-6-8-16(9-7-15)14(3)18/h4-10H,11H2,1-3H3. The second-order valence-electron chi connectivity index (χ2n) is 4.86. The Balaban J connectivity index is 2.23. The largest absolute Gasteiger partial charge is 0.295 e. The van der Waals surface area contributed by atoms with Crippen LogP contribution in [-0.2, 0) is 6.42 Å². The highest BCUT2D eigenvalue weighted by molar-refractivity contribution is 5.94. The van der Waals surface area contributed by atoms with Crippen molar-refractivity contribution in [2.45, 2.75) is 27.2 Å². The Kier molecular flexibility index (Phi) is 3.61. The van der Waals surface area contributed by atoms with Crippen LogP contribution >= 0.6 is 0 Å². The minimum atomic E-state index is 0.119. The average Bonchev–Trinajstić information content (AvgIpc) is 2.34. The molecule has 0 N–H and O–H groups in total. The zero-order valence-corrected chi connectivity index (χ0v) is 11.2. The predicted octanol–water partition coefficient (Wildman–Crippen LogP) is 4.10. The molecule has 2 aromatic carbocycles. The topological polar surface area (TPSA) is 17.1 Å². The summed E-state index contributed by atoms with van der Waals surface area (Å²) in [5.74, 6) is 0.119. The summed E-state index contributed by atoms with van der Waals surface area (Å²) in [5, 5.41) is 0. The Morgan fingerprint density at radius 3 is 2.28 bits per heavy atom. The number of carbonyl (C=O) groups is 1. The molecule has 0 aliphatic rings. The molecule has 2 rings (SSSR count). The van der Waals surface area contributed by atoms with E-state index in [1.807, 2.05) is 24.3 Å². The molecule has 0 atom stereocenters. The van der Waals surface area contributed by atoms with Gasteiger partial charge < -0.3 is 0 Å². The van der Waals surface area contributed by atoms with Crippen LogP contribution in [0.4, 0.5) is 0 Å². The van der Waals surface area contributed by atoms with Gasteiger partial charge in [-0.05, 0) is 43.9 Å². The molecule has 0 aliphatic carbocycles. The number of hydrogen-bond donors (Lipinski definition) is 0. The maximum Gasteiger partial charge on any atom is 0.159 e. The molecule has 18 heavy (non-hydrogen) atoms. The van der Waals surface area contributed by atoms with Crippen LogP contribution in [0.25, 0.3) is 0 Å². The maximum absolute atomic E-state index is 11.2. The Morgan fingerprint density at radius 2 is 1.67 bits per heavy atom. The zero-order valence-electron chi connectivity index (χ0n) is 11.2. The zero-order chi connectivity index (χ0) is 13.1. The molecule has 0 spiro atoms. The summed E-state index contributed by atoms with van der Waals surface area (Å²) in [6.45, 7) is 5.85. The Labute approximate surface area is 108 Å². The van der Waals surface area contributed by atoms with Crippen molar-refractivity contribution in [2.24, 2.45) is 0 Å². The molecule has 92 valence electrons. The highest BCUT2D eigenvalue weighted by Gasteiger charge is 2.02. The quantitative estimate of drug-likeness (QED) is 0.736. The van der Waals surface area contributed by atoms with E-state index < -0.39 is 0 Å². The van der Waals surface area contributed by atoms with Crippen molar-refractivity contribution in [3.05, 3.63) is 70.3 Å². The normalized spacial score (nSPS) is 10.4. The van der Waals surface area contributed by atoms with Crippen LogP contribution in [0.2, 0.25) is 0 Å². The second-order valence-corrected chi connectivity index (χ2v) is 4.86. The van der Waals surface area contributed by atoms with E-state index in [2.05, 4.69) is 32.0 Å². The molecule has 1 nitrogen and oxygen atoms in total. The van der Waals surface area contributed by atoms with Crippen molar-refractivity contribution >= 4 is 5.78 Å². The lowest BCUT2D eigenvalue weighted by atomic mass is 9.98. The molecule has 0 bridgehead atoms. The first-order valence-corrected chi connectivity index (χ1v) is 6.22. The van der Waals surface area contributed by atoms with Crippen LogP contribution in [-0.4, -0.2) is 5.78 Å². The van der Waals surface area contributed by atoms with E-state index in [4.69, 9.17) is 0 Å². The third-order valence-electron chi connectivity index (χ3n) is 3.26. The third kappa shape index (κ3) is 2.86. The van der Waals surface area contributed by atoms with Gasteiger partial charge in [0.15, 0.2) is 5.78 Å². The highest BCUT2D eigenvalue weighted by atomic mass is 16.1. The molecule has 0 saturated heterocycles. The van der Waals surface area contributed by atoms with Gasteiger partial charge in [0.1, 0.15) is 0 Å². The van der Waals surface area contributed by atoms with E-state index in [1.165, 1.54) is 22.3 Å². The first-order valence-electron chi connectivity index (χ1n) is 6.22. The second kappa shape index (κ2) is 5.18. The van der Waals surface area contributed by atoms with Crippen LogP contribution in [0.5, 0.6) is 0 Å². The smallest absolute Gasteiger partial charge is 0.159 e. The van der Waals surface area contributed by atoms with Crippen LogP contribution in [0, 0.1) is 13.8 Å². The fraction of sp³-hybridized carbons (Fsp3) is 0.235. The lowest BCUT2D eigenvalue weighted by Crippen LogP contribution is -1.95. The number of rotatable bonds is 3. The van der Waals surface area contributed by atoms with E-state index in [0.717, 1.165) is 12.0 Å². The Hall–Kier alpha value is -1.89. The molecule has 2 aromatic rings. The van der Waals surface area contributed by atoms with Gasteiger partial charge in [0.05, 0.1) is 0 Å². The van der Waals surface area contributed by atoms with E-state index in [-0.39, 0.29) is 5.78 Å². The molecule has 1 heteroatoms. The average molecular weight is 238 g/mol. The van der Waals surface area contributed by atoms with Gasteiger partial charge in [-0.25, -0.2) is 0 Å². The number of ketones is 1. The summed E-state index contributed by atoms with van der Waals surface area (Å²) in [6.07, 6.45) is 0.922. The molecular weight excluding hydrogens is 220 g/mol. The van der Waals surface area contributed by atoms with Gasteiger partial charge in [-0.3, -0.25) is 4.79 Å². The number of benzene rings is 2. The van der Waals surface area contributed by atoms with Gasteiger partial charge in [-0.2, -0.15) is 0 Å². The van der Waals surface area contributed by atoms with Crippen LogP contribution in [0.15, 0.2) is 42.5 Å². The lowest BCUT2D eigenvalue weighted by molar-refractivity contribution is 0.101. The maximum atomic E-state index is 11.2. The van der Waals surface area contributed by atoms with Gasteiger partial charge in [-0.1, -0.05) is 48.0 Å². The van der Waals surface area contributed by atoms with Crippen molar-refractivity contribution in [2.75, 3.05) is 0 Å². The molecule has 0 radical (unpaired) electrons. The fourth-order valence-electron chi connectivity index (χ4n) is 2.07. The van der Waals surface area contributed by atoms with Gasteiger partial charge in [0.2, 0.25) is 0 Å². The molecule has 0 saturated carbocycles. The summed E-state index contributed by atoms with van der Waals surface area (Å²) in [6, 6.07) is 14.4. The van der Waals surface area contributed by atoms with Crippen molar-refractivity contribution in [1.82, 2.24) is 0 Å². The summed E-state index contributed by atoms with van der Waals surface area (Å²) >= 11 is 0. The van der Waals surface area contributed by atoms with Crippen LogP contribution < -0.4 is 0 Å². The minimum absolute atomic E-state index is 0.119. The number of hydrogen-bond acceptors (Lipinski definition) is 1. The molecule has 0 fully saturated rings. The van der Waals surface area contributed by atoms with Gasteiger partial charge in [-0.15, -0.1) is 0 Å². The van der Waals surface area contributed by atoms with E-state index >= 15 is 0 Å². The Morgan fingerprint density at radius 1 is 1.00 bits per heavy atom. The van der Waals surface area contributed by atoms with E-state index in [1.54, 1.807) is 6.92 Å². The van der Waals surface area contributed by atoms with Crippen molar-refractivity contribution < 1.29 is 4.79 Å². The summed E-state index contributed by atoms with van der Waals surface area (Å²) in [5.41, 5.74) is 5.98. The third-order valence-corrected chi connectivity index (χ3v) is 3.26. The van der Waals surface area contributed by atoms with Gasteiger partial charge in [0, 0.05) is 5.56 Å². The molecule has 0 aromatic heterocycles. The molecule has 0 heterocycles. The number of carbonyl (C=O) groups excluding carboxylic acids is 1. The first kappa shape index (κ1) is 12.6. The highest BCUT2D eigenvalue weighted by Crippen LogP contribution is 2.16. The summed E-state index contributed by atoms with van der Waals surface area (Å²) < 4.78 is 0. The molecular formula is C17H18O. The van der Waals surface area contributed by atoms with Crippen LogP contribution in [0.3, 0.4) is 0 Å². The minimum Gasteiger partial charge on any atom is -0.295 e. The molecule has 0 amide bonds. The van der Waals surface area contributed by atoms with Crippen molar-refractivity contribution in [3.8, 4) is 0 Å². The fourth-order valence-corrected chi connectivity index (χ4v) is 2.07. The predicted molar refractivity (Wildman–Crippen MR) is 75.2 cm³/mol. The first-order chi connectivity index (χ1) is 8.56. The van der Waals surface area contributed by atoms with E-state index in [9.17, 15) is 4.79 Å². The van der Waals surface area contributed by atoms with Gasteiger partial charge >= 0.3 is 0 Å². The molecule has 0 unspecified atom stereocenters. The SMILES string of the molecule is CC(=O)c1ccc(Cc2cc(C)ccc2C)cc1. The lowest BCUT2D eigenvalue weighted by Gasteiger charge is -2.07. The van der Waals surface area contributed by atoms with E-state index in [0.29, 0.717) is 0 Å². The summed E-state index contributed by atoms with van der Waals surface area (Å²) in [7, 11) is 0. The molecule has 0 aliphatic heterocycles. The van der Waals surface area contributed by atoms with Gasteiger partial charge in [0.25, 0.3) is 0 Å². The summed E-state index contributed by atoms with van der Waals surface area (Å²) in [4.78, 5) is 11.2. The van der Waals surface area contributed by atoms with Crippen molar-refractivity contribution in [3.63, 3.8) is 0 Å². The Bertz CT molecular complexity index is 565. The van der Waals surface area contributed by atoms with Crippen LogP contribution in [0.1, 0.15) is 39.5 Å². The van der Waals surface area contributed by atoms with Crippen molar-refractivity contribution in [1.29, 1.82) is 0 Å². The number of aryl methyl sites for hydroxylation is 2. The number of Topliss-reactive ketones (excluding diaryl/α,β-unsaturated/α-hetero) is 1.